The molecule has 6 nitrogen and oxygen atoms in total. The Kier molecular flexibility index (Phi) is 3.43. The predicted molar refractivity (Wildman–Crippen MR) is 55.9 cm³/mol. The second kappa shape index (κ2) is 5.00. The van der Waals surface area contributed by atoms with E-state index in [4.69, 9.17) is 20.9 Å². The van der Waals surface area contributed by atoms with Crippen LogP contribution in [-0.2, 0) is 11.2 Å². The number of rotatable bonds is 4. The molecule has 0 radical (unpaired) electrons. The van der Waals surface area contributed by atoms with E-state index < -0.39 is 0 Å². The average molecular weight is 241 g/mol. The molecule has 0 bridgehead atoms. The third-order valence-corrected chi connectivity index (χ3v) is 2.05. The summed E-state index contributed by atoms with van der Waals surface area (Å²) < 4.78 is 9.93. The highest BCUT2D eigenvalue weighted by Gasteiger charge is 2.10. The minimum atomic E-state index is 0.322. The number of methoxy groups -OCH3 is 1. The standard InChI is InChI=1S/C9H9ClN4O2/c1-15-5-4-8-11-9(16-14-8)6-2-3-7(10)13-12-6/h2-3H,4-5H2,1H3. The van der Waals surface area contributed by atoms with Crippen molar-refractivity contribution in [2.24, 2.45) is 0 Å². The second-order valence-electron chi connectivity index (χ2n) is 3.00. The second-order valence-corrected chi connectivity index (χ2v) is 3.39. The first-order valence-electron chi connectivity index (χ1n) is 4.60. The quantitative estimate of drug-likeness (QED) is 0.804. The van der Waals surface area contributed by atoms with E-state index in [1.807, 2.05) is 0 Å². The Morgan fingerprint density at radius 1 is 1.38 bits per heavy atom. The van der Waals surface area contributed by atoms with E-state index in [1.165, 1.54) is 0 Å². The van der Waals surface area contributed by atoms with E-state index in [2.05, 4.69) is 20.3 Å². The zero-order valence-corrected chi connectivity index (χ0v) is 9.31. The first-order chi connectivity index (χ1) is 7.79. The first kappa shape index (κ1) is 11.0. The molecule has 0 aliphatic heterocycles. The summed E-state index contributed by atoms with van der Waals surface area (Å²) >= 11 is 5.62. The number of nitrogens with zero attached hydrogens (tertiary/aromatic N) is 4. The highest BCUT2D eigenvalue weighted by atomic mass is 35.5. The van der Waals surface area contributed by atoms with Crippen molar-refractivity contribution >= 4 is 11.6 Å². The topological polar surface area (TPSA) is 73.9 Å². The van der Waals surface area contributed by atoms with Crippen LogP contribution in [0.3, 0.4) is 0 Å². The lowest BCUT2D eigenvalue weighted by Crippen LogP contribution is -1.96. The van der Waals surface area contributed by atoms with E-state index in [-0.39, 0.29) is 0 Å². The Bertz CT molecular complexity index is 457. The first-order valence-corrected chi connectivity index (χ1v) is 4.98. The molecule has 2 aromatic heterocycles. The van der Waals surface area contributed by atoms with Crippen molar-refractivity contribution in [2.75, 3.05) is 13.7 Å². The molecule has 7 heteroatoms. The summed E-state index contributed by atoms with van der Waals surface area (Å²) in [6, 6.07) is 3.28. The Hall–Kier alpha value is -1.53. The van der Waals surface area contributed by atoms with Crippen LogP contribution in [0, 0.1) is 0 Å². The van der Waals surface area contributed by atoms with E-state index >= 15 is 0 Å². The Morgan fingerprint density at radius 2 is 2.25 bits per heavy atom. The van der Waals surface area contributed by atoms with Gasteiger partial charge in [-0.1, -0.05) is 16.8 Å². The summed E-state index contributed by atoms with van der Waals surface area (Å²) in [5.74, 6) is 0.906. The molecule has 0 aromatic carbocycles. The van der Waals surface area contributed by atoms with Crippen molar-refractivity contribution in [3.8, 4) is 11.6 Å². The van der Waals surface area contributed by atoms with Gasteiger partial charge in [0.25, 0.3) is 5.89 Å². The predicted octanol–water partition coefficient (Wildman–Crippen LogP) is 1.37. The van der Waals surface area contributed by atoms with Gasteiger partial charge in [-0.25, -0.2) is 0 Å². The van der Waals surface area contributed by atoms with Gasteiger partial charge in [0.15, 0.2) is 16.7 Å². The van der Waals surface area contributed by atoms with E-state index in [0.29, 0.717) is 35.6 Å². The molecule has 0 unspecified atom stereocenters. The lowest BCUT2D eigenvalue weighted by molar-refractivity contribution is 0.199. The minimum absolute atomic E-state index is 0.322. The van der Waals surface area contributed by atoms with Gasteiger partial charge in [-0.3, -0.25) is 0 Å². The Morgan fingerprint density at radius 3 is 2.94 bits per heavy atom. The molecule has 0 amide bonds. The Balaban J connectivity index is 2.15. The van der Waals surface area contributed by atoms with Gasteiger partial charge >= 0.3 is 0 Å². The van der Waals surface area contributed by atoms with E-state index in [9.17, 15) is 0 Å². The van der Waals surface area contributed by atoms with Gasteiger partial charge in [-0.15, -0.1) is 10.2 Å². The monoisotopic (exact) mass is 240 g/mol. The van der Waals surface area contributed by atoms with Crippen LogP contribution in [-0.4, -0.2) is 34.1 Å². The fourth-order valence-corrected chi connectivity index (χ4v) is 1.18. The van der Waals surface area contributed by atoms with Crippen LogP contribution in [0.5, 0.6) is 0 Å². The van der Waals surface area contributed by atoms with Gasteiger partial charge in [0.1, 0.15) is 0 Å². The molecular weight excluding hydrogens is 232 g/mol. The molecule has 84 valence electrons. The minimum Gasteiger partial charge on any atom is -0.384 e. The summed E-state index contributed by atoms with van der Waals surface area (Å²) in [5, 5.41) is 11.6. The van der Waals surface area contributed by atoms with Crippen LogP contribution in [0.1, 0.15) is 5.82 Å². The van der Waals surface area contributed by atoms with Crippen LogP contribution in [0.2, 0.25) is 5.15 Å². The molecule has 0 atom stereocenters. The molecule has 2 heterocycles. The summed E-state index contributed by atoms with van der Waals surface area (Å²) in [4.78, 5) is 4.14. The van der Waals surface area contributed by atoms with Crippen LogP contribution in [0.25, 0.3) is 11.6 Å². The average Bonchev–Trinajstić information content (AvgIpc) is 2.76. The van der Waals surface area contributed by atoms with Gasteiger partial charge in [-0.2, -0.15) is 4.98 Å². The molecule has 0 aliphatic rings. The smallest absolute Gasteiger partial charge is 0.278 e. The molecule has 0 N–H and O–H groups in total. The van der Waals surface area contributed by atoms with Crippen molar-refractivity contribution in [3.63, 3.8) is 0 Å². The normalized spacial score (nSPS) is 10.6. The zero-order valence-electron chi connectivity index (χ0n) is 8.55. The van der Waals surface area contributed by atoms with Crippen LogP contribution >= 0.6 is 11.6 Å². The maximum Gasteiger partial charge on any atom is 0.278 e. The summed E-state index contributed by atoms with van der Waals surface area (Å²) in [5.41, 5.74) is 0.501. The third kappa shape index (κ3) is 2.53. The summed E-state index contributed by atoms with van der Waals surface area (Å²) in [6.07, 6.45) is 0.598. The van der Waals surface area contributed by atoms with Crippen LogP contribution in [0.4, 0.5) is 0 Å². The number of halogens is 1. The largest absolute Gasteiger partial charge is 0.384 e. The molecule has 0 saturated carbocycles. The van der Waals surface area contributed by atoms with Crippen molar-refractivity contribution in [3.05, 3.63) is 23.1 Å². The molecule has 0 saturated heterocycles. The van der Waals surface area contributed by atoms with Crippen molar-refractivity contribution in [1.29, 1.82) is 0 Å². The van der Waals surface area contributed by atoms with E-state index in [1.54, 1.807) is 19.2 Å². The van der Waals surface area contributed by atoms with Gasteiger partial charge in [0.2, 0.25) is 0 Å². The van der Waals surface area contributed by atoms with Crippen LogP contribution in [0.15, 0.2) is 16.7 Å². The molecule has 2 aromatic rings. The molecule has 2 rings (SSSR count). The summed E-state index contributed by atoms with van der Waals surface area (Å²) in [6.45, 7) is 0.547. The number of ether oxygens (including phenoxy) is 1. The lowest BCUT2D eigenvalue weighted by atomic mass is 10.4. The third-order valence-electron chi connectivity index (χ3n) is 1.85. The molecular formula is C9H9ClN4O2. The van der Waals surface area contributed by atoms with Crippen molar-refractivity contribution in [2.45, 2.75) is 6.42 Å². The zero-order chi connectivity index (χ0) is 11.4. The van der Waals surface area contributed by atoms with Crippen LogP contribution < -0.4 is 0 Å². The van der Waals surface area contributed by atoms with Gasteiger partial charge < -0.3 is 9.26 Å². The molecule has 0 aliphatic carbocycles. The van der Waals surface area contributed by atoms with Crippen molar-refractivity contribution in [1.82, 2.24) is 20.3 Å². The number of hydrogen-bond donors (Lipinski definition) is 0. The highest BCUT2D eigenvalue weighted by molar-refractivity contribution is 6.29. The number of aromatic nitrogens is 4. The molecule has 0 spiro atoms. The fourth-order valence-electron chi connectivity index (χ4n) is 1.08. The fraction of sp³-hybridized carbons (Fsp3) is 0.333. The molecule has 0 fully saturated rings. The molecule has 16 heavy (non-hydrogen) atoms. The van der Waals surface area contributed by atoms with Gasteiger partial charge in [0.05, 0.1) is 6.61 Å². The number of hydrogen-bond acceptors (Lipinski definition) is 6. The van der Waals surface area contributed by atoms with Gasteiger partial charge in [-0.05, 0) is 12.1 Å². The maximum atomic E-state index is 5.62. The summed E-state index contributed by atoms with van der Waals surface area (Å²) in [7, 11) is 1.62. The Labute approximate surface area is 96.6 Å². The van der Waals surface area contributed by atoms with Gasteiger partial charge in [0, 0.05) is 13.5 Å². The van der Waals surface area contributed by atoms with E-state index in [0.717, 1.165) is 0 Å². The lowest BCUT2D eigenvalue weighted by Gasteiger charge is -1.91. The van der Waals surface area contributed by atoms with Crippen molar-refractivity contribution < 1.29 is 9.26 Å². The SMILES string of the molecule is COCCc1noc(-c2ccc(Cl)nn2)n1. The highest BCUT2D eigenvalue weighted by Crippen LogP contribution is 2.14. The maximum absolute atomic E-state index is 5.62.